The Morgan fingerprint density at radius 3 is 2.80 bits per heavy atom. The van der Waals surface area contributed by atoms with Gasteiger partial charge >= 0.3 is 6.01 Å². The summed E-state index contributed by atoms with van der Waals surface area (Å²) in [6.07, 6.45) is 0. The Labute approximate surface area is 67.3 Å². The van der Waals surface area contributed by atoms with Crippen molar-refractivity contribution in [3.05, 3.63) is 4.73 Å². The van der Waals surface area contributed by atoms with E-state index < -0.39 is 0 Å². The topological polar surface area (TPSA) is 39.9 Å². The first-order valence-corrected chi connectivity index (χ1v) is 3.71. The van der Waals surface area contributed by atoms with Crippen molar-refractivity contribution in [2.75, 3.05) is 7.11 Å². The Kier molecular flexibility index (Phi) is 2.26. The van der Waals surface area contributed by atoms with E-state index in [4.69, 9.17) is 4.74 Å². The first-order chi connectivity index (χ1) is 4.77. The Hall–Kier alpha value is -0.580. The van der Waals surface area contributed by atoms with Gasteiger partial charge in [0, 0.05) is 6.54 Å². The standard InChI is InChI=1S/C5H8BrN3O/c1-3-9-5(10-2)7-4(6)8-9/h3H2,1-2H3. The van der Waals surface area contributed by atoms with Gasteiger partial charge in [0.1, 0.15) is 0 Å². The van der Waals surface area contributed by atoms with Gasteiger partial charge in [-0.3, -0.25) is 0 Å². The molecule has 56 valence electrons. The predicted molar refractivity (Wildman–Crippen MR) is 39.9 cm³/mol. The SMILES string of the molecule is CCn1nc(Br)nc1OC. The normalized spacial score (nSPS) is 9.90. The number of methoxy groups -OCH3 is 1. The van der Waals surface area contributed by atoms with Crippen LogP contribution in [0.3, 0.4) is 0 Å². The zero-order chi connectivity index (χ0) is 7.56. The molecule has 0 unspecified atom stereocenters. The summed E-state index contributed by atoms with van der Waals surface area (Å²) in [5, 5.41) is 4.00. The fraction of sp³-hybridized carbons (Fsp3) is 0.600. The van der Waals surface area contributed by atoms with Crippen LogP contribution in [0.15, 0.2) is 4.73 Å². The summed E-state index contributed by atoms with van der Waals surface area (Å²) in [6.45, 7) is 2.74. The summed E-state index contributed by atoms with van der Waals surface area (Å²) in [5.74, 6) is 0. The Balaban J connectivity index is 2.96. The second kappa shape index (κ2) is 3.01. The molecular weight excluding hydrogens is 198 g/mol. The van der Waals surface area contributed by atoms with Gasteiger partial charge in [-0.25, -0.2) is 4.68 Å². The highest BCUT2D eigenvalue weighted by Gasteiger charge is 2.04. The molecule has 0 radical (unpaired) electrons. The maximum atomic E-state index is 4.92. The van der Waals surface area contributed by atoms with Crippen LogP contribution in [-0.4, -0.2) is 21.9 Å². The molecule has 0 N–H and O–H groups in total. The van der Waals surface area contributed by atoms with Crippen molar-refractivity contribution in [1.82, 2.24) is 14.8 Å². The predicted octanol–water partition coefficient (Wildman–Crippen LogP) is 1.07. The molecule has 1 heterocycles. The zero-order valence-electron chi connectivity index (χ0n) is 5.83. The third-order valence-corrected chi connectivity index (χ3v) is 1.43. The summed E-state index contributed by atoms with van der Waals surface area (Å²) in [5.41, 5.74) is 0. The molecule has 0 saturated carbocycles. The minimum absolute atomic E-state index is 0.536. The van der Waals surface area contributed by atoms with Crippen molar-refractivity contribution < 1.29 is 4.74 Å². The van der Waals surface area contributed by atoms with Crippen LogP contribution in [0.1, 0.15) is 6.92 Å². The van der Waals surface area contributed by atoms with Crippen molar-refractivity contribution in [1.29, 1.82) is 0 Å². The van der Waals surface area contributed by atoms with Gasteiger partial charge in [-0.15, -0.1) is 5.10 Å². The van der Waals surface area contributed by atoms with Crippen LogP contribution in [0.4, 0.5) is 0 Å². The maximum Gasteiger partial charge on any atom is 0.315 e. The number of ether oxygens (including phenoxy) is 1. The summed E-state index contributed by atoms with van der Waals surface area (Å²) in [7, 11) is 1.57. The summed E-state index contributed by atoms with van der Waals surface area (Å²) < 4.78 is 7.15. The molecule has 10 heavy (non-hydrogen) atoms. The highest BCUT2D eigenvalue weighted by atomic mass is 79.9. The molecule has 0 aliphatic heterocycles. The molecule has 0 amide bonds. The number of halogens is 1. The second-order valence-corrected chi connectivity index (χ2v) is 2.39. The van der Waals surface area contributed by atoms with Crippen molar-refractivity contribution in [3.63, 3.8) is 0 Å². The molecule has 0 aliphatic rings. The molecule has 4 nitrogen and oxygen atoms in total. The number of hydrogen-bond acceptors (Lipinski definition) is 3. The molecule has 0 spiro atoms. The molecule has 1 rings (SSSR count). The lowest BCUT2D eigenvalue weighted by atomic mass is 10.8. The van der Waals surface area contributed by atoms with E-state index in [9.17, 15) is 0 Å². The smallest absolute Gasteiger partial charge is 0.315 e. The Morgan fingerprint density at radius 1 is 1.70 bits per heavy atom. The van der Waals surface area contributed by atoms with Gasteiger partial charge < -0.3 is 4.74 Å². The summed E-state index contributed by atoms with van der Waals surface area (Å²) in [4.78, 5) is 3.95. The van der Waals surface area contributed by atoms with Gasteiger partial charge in [0.05, 0.1) is 7.11 Å². The van der Waals surface area contributed by atoms with Crippen LogP contribution in [0.2, 0.25) is 0 Å². The molecule has 0 atom stereocenters. The fourth-order valence-electron chi connectivity index (χ4n) is 0.658. The average molecular weight is 206 g/mol. The van der Waals surface area contributed by atoms with E-state index in [1.165, 1.54) is 0 Å². The average Bonchev–Trinajstić information content (AvgIpc) is 2.30. The quantitative estimate of drug-likeness (QED) is 0.726. The maximum absolute atomic E-state index is 4.92. The first-order valence-electron chi connectivity index (χ1n) is 2.92. The van der Waals surface area contributed by atoms with Crippen molar-refractivity contribution in [3.8, 4) is 6.01 Å². The third-order valence-electron chi connectivity index (χ3n) is 1.09. The first kappa shape index (κ1) is 7.53. The third kappa shape index (κ3) is 1.29. The minimum Gasteiger partial charge on any atom is -0.467 e. The monoisotopic (exact) mass is 205 g/mol. The Morgan fingerprint density at radius 2 is 2.40 bits per heavy atom. The van der Waals surface area contributed by atoms with E-state index in [2.05, 4.69) is 26.0 Å². The molecule has 0 aromatic carbocycles. The number of nitrogens with zero attached hydrogens (tertiary/aromatic N) is 3. The molecular formula is C5H8BrN3O. The van der Waals surface area contributed by atoms with Crippen LogP contribution in [-0.2, 0) is 6.54 Å². The molecule has 1 aromatic rings. The second-order valence-electron chi connectivity index (χ2n) is 1.68. The van der Waals surface area contributed by atoms with Crippen molar-refractivity contribution >= 4 is 15.9 Å². The molecule has 0 aliphatic carbocycles. The van der Waals surface area contributed by atoms with Gasteiger partial charge in [0.25, 0.3) is 0 Å². The molecule has 0 fully saturated rings. The molecule has 0 saturated heterocycles. The van der Waals surface area contributed by atoms with Crippen molar-refractivity contribution in [2.45, 2.75) is 13.5 Å². The number of hydrogen-bond donors (Lipinski definition) is 0. The van der Waals surface area contributed by atoms with Crippen LogP contribution < -0.4 is 4.74 Å². The molecule has 0 bridgehead atoms. The number of aromatic nitrogens is 3. The number of aryl methyl sites for hydroxylation is 1. The summed E-state index contributed by atoms with van der Waals surface area (Å²) >= 11 is 3.14. The van der Waals surface area contributed by atoms with Crippen LogP contribution in [0, 0.1) is 0 Å². The van der Waals surface area contributed by atoms with Gasteiger partial charge in [0.15, 0.2) is 0 Å². The molecule has 1 aromatic heterocycles. The van der Waals surface area contributed by atoms with E-state index >= 15 is 0 Å². The van der Waals surface area contributed by atoms with Gasteiger partial charge in [-0.05, 0) is 22.9 Å². The van der Waals surface area contributed by atoms with Crippen LogP contribution in [0.5, 0.6) is 6.01 Å². The lowest BCUT2D eigenvalue weighted by Crippen LogP contribution is -1.99. The van der Waals surface area contributed by atoms with E-state index in [1.807, 2.05) is 6.92 Å². The number of rotatable bonds is 2. The van der Waals surface area contributed by atoms with E-state index in [-0.39, 0.29) is 0 Å². The van der Waals surface area contributed by atoms with Gasteiger partial charge in [0.2, 0.25) is 4.73 Å². The van der Waals surface area contributed by atoms with E-state index in [0.717, 1.165) is 6.54 Å². The van der Waals surface area contributed by atoms with E-state index in [1.54, 1.807) is 11.8 Å². The zero-order valence-corrected chi connectivity index (χ0v) is 7.42. The van der Waals surface area contributed by atoms with Gasteiger partial charge in [-0.1, -0.05) is 0 Å². The summed E-state index contributed by atoms with van der Waals surface area (Å²) in [6, 6.07) is 0.536. The molecule has 5 heteroatoms. The van der Waals surface area contributed by atoms with Crippen LogP contribution >= 0.6 is 15.9 Å². The van der Waals surface area contributed by atoms with Crippen molar-refractivity contribution in [2.24, 2.45) is 0 Å². The minimum atomic E-state index is 0.536. The van der Waals surface area contributed by atoms with E-state index in [0.29, 0.717) is 10.7 Å². The lowest BCUT2D eigenvalue weighted by molar-refractivity contribution is 0.350. The Bertz CT molecular complexity index is 201. The van der Waals surface area contributed by atoms with Crippen LogP contribution in [0.25, 0.3) is 0 Å². The van der Waals surface area contributed by atoms with Gasteiger partial charge in [-0.2, -0.15) is 4.98 Å². The highest BCUT2D eigenvalue weighted by Crippen LogP contribution is 2.10. The lowest BCUT2D eigenvalue weighted by Gasteiger charge is -1.97. The highest BCUT2D eigenvalue weighted by molar-refractivity contribution is 9.10. The fourth-order valence-corrected chi connectivity index (χ4v) is 1.00. The largest absolute Gasteiger partial charge is 0.467 e.